The molecule has 0 aliphatic carbocycles. The fourth-order valence-corrected chi connectivity index (χ4v) is 2.45. The Morgan fingerprint density at radius 3 is 2.26 bits per heavy atom. The lowest BCUT2D eigenvalue weighted by Gasteiger charge is -2.12. The number of aryl methyl sites for hydroxylation is 2. The summed E-state index contributed by atoms with van der Waals surface area (Å²) >= 11 is 18.3. The Balaban J connectivity index is 2.19. The van der Waals surface area contributed by atoms with Crippen molar-refractivity contribution in [1.29, 1.82) is 0 Å². The number of anilines is 1. The van der Waals surface area contributed by atoms with Crippen LogP contribution < -0.4 is 5.32 Å². The Morgan fingerprint density at radius 1 is 0.895 bits per heavy atom. The second kappa shape index (κ2) is 6.04. The van der Waals surface area contributed by atoms with E-state index in [4.69, 9.17) is 34.8 Å². The summed E-state index contributed by atoms with van der Waals surface area (Å²) in [6.07, 6.45) is 0. The molecule has 2 aromatic carbocycles. The topological polar surface area (TPSA) is 12.0 Å². The van der Waals surface area contributed by atoms with Crippen LogP contribution in [0.2, 0.25) is 15.1 Å². The lowest BCUT2D eigenvalue weighted by Crippen LogP contribution is -2.01. The molecule has 0 aliphatic rings. The molecular formula is C15H14Cl3N. The van der Waals surface area contributed by atoms with Crippen molar-refractivity contribution in [2.24, 2.45) is 0 Å². The van der Waals surface area contributed by atoms with Crippen LogP contribution in [0.15, 0.2) is 30.3 Å². The second-order valence-electron chi connectivity index (χ2n) is 4.47. The molecular weight excluding hydrogens is 301 g/mol. The number of hydrogen-bond acceptors (Lipinski definition) is 1. The monoisotopic (exact) mass is 313 g/mol. The number of halogens is 3. The molecule has 100 valence electrons. The Morgan fingerprint density at radius 2 is 1.58 bits per heavy atom. The first kappa shape index (κ1) is 14.5. The van der Waals surface area contributed by atoms with Crippen molar-refractivity contribution in [2.45, 2.75) is 20.4 Å². The van der Waals surface area contributed by atoms with Crippen molar-refractivity contribution >= 4 is 40.5 Å². The van der Waals surface area contributed by atoms with Crippen molar-refractivity contribution in [3.8, 4) is 0 Å². The van der Waals surface area contributed by atoms with E-state index in [1.54, 1.807) is 12.1 Å². The van der Waals surface area contributed by atoms with E-state index in [-0.39, 0.29) is 0 Å². The zero-order valence-electron chi connectivity index (χ0n) is 10.7. The maximum absolute atomic E-state index is 6.16. The highest BCUT2D eigenvalue weighted by molar-refractivity contribution is 6.44. The molecule has 0 fully saturated rings. The van der Waals surface area contributed by atoms with Gasteiger partial charge in [-0.15, -0.1) is 0 Å². The van der Waals surface area contributed by atoms with E-state index in [1.807, 2.05) is 6.07 Å². The molecule has 0 heterocycles. The summed E-state index contributed by atoms with van der Waals surface area (Å²) in [6, 6.07) is 9.67. The Kier molecular flexibility index (Phi) is 4.62. The van der Waals surface area contributed by atoms with Crippen LogP contribution in [0.3, 0.4) is 0 Å². The van der Waals surface area contributed by atoms with Gasteiger partial charge in [0.15, 0.2) is 0 Å². The molecule has 19 heavy (non-hydrogen) atoms. The molecule has 0 aromatic heterocycles. The van der Waals surface area contributed by atoms with Crippen LogP contribution in [-0.2, 0) is 6.54 Å². The predicted molar refractivity (Wildman–Crippen MR) is 84.7 cm³/mol. The molecule has 0 saturated heterocycles. The van der Waals surface area contributed by atoms with Crippen molar-refractivity contribution in [3.63, 3.8) is 0 Å². The lowest BCUT2D eigenvalue weighted by molar-refractivity contribution is 1.14. The third-order valence-corrected chi connectivity index (χ3v) is 4.31. The number of nitrogens with one attached hydrogen (secondary N) is 1. The molecule has 0 saturated carbocycles. The van der Waals surface area contributed by atoms with Crippen LogP contribution in [0.1, 0.15) is 16.7 Å². The molecule has 0 atom stereocenters. The molecule has 0 radical (unpaired) electrons. The number of benzene rings is 2. The van der Waals surface area contributed by atoms with Crippen molar-refractivity contribution in [3.05, 3.63) is 62.1 Å². The van der Waals surface area contributed by atoms with Gasteiger partial charge in [-0.3, -0.25) is 0 Å². The molecule has 0 amide bonds. The fraction of sp³-hybridized carbons (Fsp3) is 0.200. The van der Waals surface area contributed by atoms with Gasteiger partial charge in [-0.2, -0.15) is 0 Å². The molecule has 2 rings (SSSR count). The summed E-state index contributed by atoms with van der Waals surface area (Å²) in [5, 5.41) is 4.95. The van der Waals surface area contributed by atoms with E-state index in [0.29, 0.717) is 21.6 Å². The van der Waals surface area contributed by atoms with Gasteiger partial charge in [0.25, 0.3) is 0 Å². The van der Waals surface area contributed by atoms with E-state index in [0.717, 1.165) is 11.3 Å². The van der Waals surface area contributed by atoms with Gasteiger partial charge in [-0.25, -0.2) is 0 Å². The fourth-order valence-electron chi connectivity index (χ4n) is 1.77. The highest BCUT2D eigenvalue weighted by Gasteiger charge is 2.09. The quantitative estimate of drug-likeness (QED) is 0.698. The Bertz CT molecular complexity index is 609. The summed E-state index contributed by atoms with van der Waals surface area (Å²) in [6.45, 7) is 4.71. The third-order valence-electron chi connectivity index (χ3n) is 3.12. The van der Waals surface area contributed by atoms with Crippen molar-refractivity contribution in [2.75, 3.05) is 5.32 Å². The summed E-state index contributed by atoms with van der Waals surface area (Å²) in [5.41, 5.74) is 4.36. The maximum atomic E-state index is 6.16. The van der Waals surface area contributed by atoms with Crippen molar-refractivity contribution in [1.82, 2.24) is 0 Å². The van der Waals surface area contributed by atoms with E-state index in [2.05, 4.69) is 31.3 Å². The first-order valence-corrected chi connectivity index (χ1v) is 7.06. The third kappa shape index (κ3) is 3.36. The van der Waals surface area contributed by atoms with Crippen LogP contribution in [0.5, 0.6) is 0 Å². The molecule has 4 heteroatoms. The maximum Gasteiger partial charge on any atom is 0.0657 e. The van der Waals surface area contributed by atoms with Crippen LogP contribution >= 0.6 is 34.8 Å². The summed E-state index contributed by atoms with van der Waals surface area (Å²) < 4.78 is 0. The predicted octanol–water partition coefficient (Wildman–Crippen LogP) is 5.88. The van der Waals surface area contributed by atoms with Crippen molar-refractivity contribution < 1.29 is 0 Å². The van der Waals surface area contributed by atoms with Gasteiger partial charge in [0, 0.05) is 22.8 Å². The minimum Gasteiger partial charge on any atom is -0.381 e. The average Bonchev–Trinajstić information content (AvgIpc) is 2.38. The van der Waals surface area contributed by atoms with Gasteiger partial charge in [0.2, 0.25) is 0 Å². The van der Waals surface area contributed by atoms with Crippen LogP contribution in [0.25, 0.3) is 0 Å². The largest absolute Gasteiger partial charge is 0.381 e. The van der Waals surface area contributed by atoms with Gasteiger partial charge < -0.3 is 5.32 Å². The smallest absolute Gasteiger partial charge is 0.0657 e. The normalized spacial score (nSPS) is 10.6. The summed E-state index contributed by atoms with van der Waals surface area (Å²) in [5.74, 6) is 0. The van der Waals surface area contributed by atoms with Crippen LogP contribution in [0.4, 0.5) is 5.69 Å². The van der Waals surface area contributed by atoms with Gasteiger partial charge in [0.05, 0.1) is 10.0 Å². The average molecular weight is 315 g/mol. The van der Waals surface area contributed by atoms with Gasteiger partial charge in [-0.1, -0.05) is 40.9 Å². The number of rotatable bonds is 3. The highest BCUT2D eigenvalue weighted by Crippen LogP contribution is 2.32. The standard InChI is InChI=1S/C15H14Cl3N/c1-9-3-4-11(7-10(9)2)19-8-12-13(16)5-6-14(17)15(12)18/h3-7,19H,8H2,1-2H3. The van der Waals surface area contributed by atoms with E-state index in [1.165, 1.54) is 11.1 Å². The molecule has 2 aromatic rings. The van der Waals surface area contributed by atoms with Gasteiger partial charge in [0.1, 0.15) is 0 Å². The minimum absolute atomic E-state index is 0.505. The molecule has 0 bridgehead atoms. The zero-order valence-corrected chi connectivity index (χ0v) is 13.0. The summed E-state index contributed by atoms with van der Waals surface area (Å²) in [4.78, 5) is 0. The first-order chi connectivity index (χ1) is 8.99. The zero-order chi connectivity index (χ0) is 14.0. The Hall–Kier alpha value is -0.890. The van der Waals surface area contributed by atoms with Gasteiger partial charge >= 0.3 is 0 Å². The first-order valence-electron chi connectivity index (χ1n) is 5.92. The highest BCUT2D eigenvalue weighted by atomic mass is 35.5. The lowest BCUT2D eigenvalue weighted by atomic mass is 10.1. The summed E-state index contributed by atoms with van der Waals surface area (Å²) in [7, 11) is 0. The van der Waals surface area contributed by atoms with Crippen LogP contribution in [-0.4, -0.2) is 0 Å². The molecule has 1 N–H and O–H groups in total. The minimum atomic E-state index is 0.505. The Labute approximate surface area is 128 Å². The number of hydrogen-bond donors (Lipinski definition) is 1. The molecule has 0 spiro atoms. The van der Waals surface area contributed by atoms with Gasteiger partial charge in [-0.05, 0) is 49.2 Å². The SMILES string of the molecule is Cc1ccc(NCc2c(Cl)ccc(Cl)c2Cl)cc1C. The van der Waals surface area contributed by atoms with E-state index < -0.39 is 0 Å². The van der Waals surface area contributed by atoms with Crippen LogP contribution in [0, 0.1) is 13.8 Å². The second-order valence-corrected chi connectivity index (χ2v) is 5.67. The van der Waals surface area contributed by atoms with E-state index in [9.17, 15) is 0 Å². The molecule has 1 nitrogen and oxygen atoms in total. The van der Waals surface area contributed by atoms with E-state index >= 15 is 0 Å². The molecule has 0 aliphatic heterocycles. The molecule has 0 unspecified atom stereocenters.